The van der Waals surface area contributed by atoms with E-state index in [9.17, 15) is 24.3 Å². The van der Waals surface area contributed by atoms with E-state index in [2.05, 4.69) is 0 Å². The first-order chi connectivity index (χ1) is 15.9. The fourth-order valence-electron chi connectivity index (χ4n) is 5.51. The second kappa shape index (κ2) is 8.94. The fourth-order valence-corrected chi connectivity index (χ4v) is 5.51. The molecule has 5 nitrogen and oxygen atoms in total. The average molecular weight is 463 g/mol. The smallest absolute Gasteiger partial charge is 0.184 e. The van der Waals surface area contributed by atoms with Crippen LogP contribution in [0.25, 0.3) is 5.76 Å². The highest BCUT2D eigenvalue weighted by molar-refractivity contribution is 6.41. The largest absolute Gasteiger partial charge is 0.506 e. The Labute approximate surface area is 201 Å². The zero-order chi connectivity index (χ0) is 25.5. The number of benzene rings is 1. The second-order valence-corrected chi connectivity index (χ2v) is 10.7. The molecular formula is C29H34O5. The number of rotatable bonds is 6. The third-order valence-electron chi connectivity index (χ3n) is 7.82. The molecule has 0 spiro atoms. The summed E-state index contributed by atoms with van der Waals surface area (Å²) in [7, 11) is 0. The lowest BCUT2D eigenvalue weighted by atomic mass is 9.39. The van der Waals surface area contributed by atoms with Crippen molar-refractivity contribution in [3.8, 4) is 0 Å². The standard InChI is InChI=1S/C29H34O5/c1-18(2)12-14-28-16-21(17-30)27(5,6)29(26(28)34,15-13-19(3)4)25(33)22(24(28)32)23(31)20-10-8-7-9-11-20/h7-13,17,21,31H,14-16H2,1-6H3/b23-22+/t21-,28-,29+/m0/s1. The monoisotopic (exact) mass is 462 g/mol. The molecule has 2 saturated carbocycles. The predicted octanol–water partition coefficient (Wildman–Crippen LogP) is 5.61. The molecule has 3 rings (SSSR count). The van der Waals surface area contributed by atoms with Crippen molar-refractivity contribution < 1.29 is 24.3 Å². The highest BCUT2D eigenvalue weighted by Crippen LogP contribution is 2.64. The van der Waals surface area contributed by atoms with Gasteiger partial charge < -0.3 is 9.90 Å². The molecule has 0 radical (unpaired) electrons. The molecule has 180 valence electrons. The summed E-state index contributed by atoms with van der Waals surface area (Å²) >= 11 is 0. The minimum absolute atomic E-state index is 0.0143. The highest BCUT2D eigenvalue weighted by Gasteiger charge is 2.73. The van der Waals surface area contributed by atoms with Gasteiger partial charge in [-0.25, -0.2) is 0 Å². The van der Waals surface area contributed by atoms with Gasteiger partial charge in [-0.1, -0.05) is 67.5 Å². The van der Waals surface area contributed by atoms with Crippen molar-refractivity contribution in [1.82, 2.24) is 0 Å². The van der Waals surface area contributed by atoms with Crippen LogP contribution in [-0.2, 0) is 19.2 Å². The Morgan fingerprint density at radius 1 is 0.941 bits per heavy atom. The molecule has 2 aliphatic rings. The van der Waals surface area contributed by atoms with Crippen molar-refractivity contribution in [3.05, 3.63) is 64.8 Å². The molecule has 2 bridgehead atoms. The fraction of sp³-hybridized carbons (Fsp3) is 0.448. The summed E-state index contributed by atoms with van der Waals surface area (Å²) in [5, 5.41) is 11.2. The number of carbonyl (C=O) groups is 4. The molecule has 0 aliphatic heterocycles. The summed E-state index contributed by atoms with van der Waals surface area (Å²) in [5.74, 6) is -2.89. The van der Waals surface area contributed by atoms with Crippen molar-refractivity contribution in [2.24, 2.45) is 22.2 Å². The summed E-state index contributed by atoms with van der Waals surface area (Å²) in [6, 6.07) is 8.44. The molecule has 1 aromatic rings. The van der Waals surface area contributed by atoms with Crippen LogP contribution in [0, 0.1) is 22.2 Å². The molecule has 0 heterocycles. The number of fused-ring (bicyclic) bond motifs is 2. The Morgan fingerprint density at radius 2 is 1.50 bits per heavy atom. The second-order valence-electron chi connectivity index (χ2n) is 10.7. The van der Waals surface area contributed by atoms with E-state index in [-0.39, 0.29) is 24.8 Å². The number of hydrogen-bond donors (Lipinski definition) is 1. The SMILES string of the molecule is CC(C)=CC[C@]12C[C@@H](C=O)C(C)(C)[C@](CC=C(C)C)(C(=O)/C(=C(/O)c3ccccc3)C1=O)C2=O. The van der Waals surface area contributed by atoms with Crippen molar-refractivity contribution in [3.63, 3.8) is 0 Å². The van der Waals surface area contributed by atoms with Crippen LogP contribution in [0.4, 0.5) is 0 Å². The Morgan fingerprint density at radius 3 is 2.03 bits per heavy atom. The molecule has 0 saturated heterocycles. The minimum atomic E-state index is -1.64. The van der Waals surface area contributed by atoms with E-state index >= 15 is 0 Å². The van der Waals surface area contributed by atoms with Crippen LogP contribution in [0.5, 0.6) is 0 Å². The lowest BCUT2D eigenvalue weighted by Gasteiger charge is -2.59. The number of allylic oxidation sites excluding steroid dienone is 5. The Kier molecular flexibility index (Phi) is 6.71. The van der Waals surface area contributed by atoms with Gasteiger partial charge in [0.15, 0.2) is 17.3 Å². The van der Waals surface area contributed by atoms with Crippen LogP contribution >= 0.6 is 0 Å². The van der Waals surface area contributed by atoms with Gasteiger partial charge in [0.1, 0.15) is 23.0 Å². The number of hydrogen-bond acceptors (Lipinski definition) is 5. The van der Waals surface area contributed by atoms with Crippen molar-refractivity contribution in [2.45, 2.75) is 60.8 Å². The maximum absolute atomic E-state index is 14.4. The maximum atomic E-state index is 14.4. The maximum Gasteiger partial charge on any atom is 0.184 e. The van der Waals surface area contributed by atoms with Gasteiger partial charge in [-0.3, -0.25) is 14.4 Å². The molecule has 34 heavy (non-hydrogen) atoms. The van der Waals surface area contributed by atoms with Gasteiger partial charge in [0, 0.05) is 11.5 Å². The third kappa shape index (κ3) is 3.62. The third-order valence-corrected chi connectivity index (χ3v) is 7.82. The topological polar surface area (TPSA) is 88.5 Å². The highest BCUT2D eigenvalue weighted by atomic mass is 16.3. The summed E-state index contributed by atoms with van der Waals surface area (Å²) < 4.78 is 0. The molecule has 0 unspecified atom stereocenters. The van der Waals surface area contributed by atoms with Crippen molar-refractivity contribution >= 4 is 29.4 Å². The van der Waals surface area contributed by atoms with Crippen LogP contribution in [0.15, 0.2) is 59.2 Å². The van der Waals surface area contributed by atoms with E-state index in [1.54, 1.807) is 44.2 Å². The van der Waals surface area contributed by atoms with E-state index in [1.165, 1.54) is 0 Å². The summed E-state index contributed by atoms with van der Waals surface area (Å²) in [5.41, 5.74) is -2.42. The predicted molar refractivity (Wildman–Crippen MR) is 132 cm³/mol. The minimum Gasteiger partial charge on any atom is -0.506 e. The van der Waals surface area contributed by atoms with Gasteiger partial charge in [0.2, 0.25) is 0 Å². The Bertz CT molecular complexity index is 1130. The molecular weight excluding hydrogens is 428 g/mol. The van der Waals surface area contributed by atoms with E-state index in [0.717, 1.165) is 17.4 Å². The number of aliphatic hydroxyl groups is 1. The first-order valence-corrected chi connectivity index (χ1v) is 11.7. The molecule has 2 fully saturated rings. The Hall–Kier alpha value is -3.08. The normalized spacial score (nSPS) is 29.4. The van der Waals surface area contributed by atoms with E-state index in [4.69, 9.17) is 0 Å². The first kappa shape index (κ1) is 25.5. The van der Waals surface area contributed by atoms with Gasteiger partial charge in [0.05, 0.1) is 5.41 Å². The average Bonchev–Trinajstić information content (AvgIpc) is 2.78. The van der Waals surface area contributed by atoms with Gasteiger partial charge in [0.25, 0.3) is 0 Å². The van der Waals surface area contributed by atoms with Gasteiger partial charge in [-0.05, 0) is 52.4 Å². The zero-order valence-electron chi connectivity index (χ0n) is 20.9. The molecule has 5 heteroatoms. The van der Waals surface area contributed by atoms with E-state index in [0.29, 0.717) is 5.56 Å². The van der Waals surface area contributed by atoms with Crippen molar-refractivity contribution in [2.75, 3.05) is 0 Å². The number of carbonyl (C=O) groups excluding carboxylic acids is 4. The summed E-state index contributed by atoms with van der Waals surface area (Å²) in [4.78, 5) is 54.9. The zero-order valence-corrected chi connectivity index (χ0v) is 20.9. The van der Waals surface area contributed by atoms with Crippen molar-refractivity contribution in [1.29, 1.82) is 0 Å². The first-order valence-electron chi connectivity index (χ1n) is 11.7. The van der Waals surface area contributed by atoms with E-state index < -0.39 is 45.3 Å². The Balaban J connectivity index is 2.44. The number of aliphatic hydroxyl groups excluding tert-OH is 1. The molecule has 0 amide bonds. The summed E-state index contributed by atoms with van der Waals surface area (Å²) in [6.45, 7) is 11.0. The summed E-state index contributed by atoms with van der Waals surface area (Å²) in [6.07, 6.45) is 4.59. The number of Topliss-reactive ketones (excluding diaryl/α,β-unsaturated/α-hetero) is 3. The molecule has 1 aromatic carbocycles. The van der Waals surface area contributed by atoms with Gasteiger partial charge in [-0.2, -0.15) is 0 Å². The number of ketones is 3. The van der Waals surface area contributed by atoms with Crippen LogP contribution in [0.3, 0.4) is 0 Å². The molecule has 0 aromatic heterocycles. The van der Waals surface area contributed by atoms with Crippen LogP contribution in [-0.4, -0.2) is 28.7 Å². The van der Waals surface area contributed by atoms with Crippen LogP contribution in [0.1, 0.15) is 66.4 Å². The molecule has 3 atom stereocenters. The lowest BCUT2D eigenvalue weighted by molar-refractivity contribution is -0.175. The van der Waals surface area contributed by atoms with Gasteiger partial charge >= 0.3 is 0 Å². The quantitative estimate of drug-likeness (QED) is 0.148. The van der Waals surface area contributed by atoms with Gasteiger partial charge in [-0.15, -0.1) is 0 Å². The van der Waals surface area contributed by atoms with Crippen LogP contribution in [0.2, 0.25) is 0 Å². The number of aldehydes is 1. The molecule has 2 aliphatic carbocycles. The van der Waals surface area contributed by atoms with E-state index in [1.807, 2.05) is 39.8 Å². The molecule has 1 N–H and O–H groups in total. The lowest BCUT2D eigenvalue weighted by Crippen LogP contribution is -2.69. The van der Waals surface area contributed by atoms with Crippen LogP contribution < -0.4 is 0 Å².